The van der Waals surface area contributed by atoms with Crippen LogP contribution >= 0.6 is 0 Å². The maximum absolute atomic E-state index is 13.7. The van der Waals surface area contributed by atoms with E-state index in [1.807, 2.05) is 6.07 Å². The van der Waals surface area contributed by atoms with Crippen LogP contribution in [0.25, 0.3) is 0 Å². The van der Waals surface area contributed by atoms with E-state index in [0.29, 0.717) is 0 Å². The Morgan fingerprint density at radius 3 is 2.74 bits per heavy atom. The van der Waals surface area contributed by atoms with E-state index in [-0.39, 0.29) is 11.9 Å². The van der Waals surface area contributed by atoms with Gasteiger partial charge in [-0.25, -0.2) is 4.39 Å². The van der Waals surface area contributed by atoms with Crippen LogP contribution in [0, 0.1) is 19.7 Å². The molecule has 0 amide bonds. The van der Waals surface area contributed by atoms with Crippen molar-refractivity contribution in [3.05, 3.63) is 64.5 Å². The summed E-state index contributed by atoms with van der Waals surface area (Å²) in [5.74, 6) is -0.0669. The van der Waals surface area contributed by atoms with Gasteiger partial charge in [0.05, 0.1) is 6.04 Å². The molecule has 0 spiro atoms. The van der Waals surface area contributed by atoms with Crippen molar-refractivity contribution in [2.75, 3.05) is 5.32 Å². The number of fused-ring (bicyclic) bond motifs is 1. The molecule has 1 nitrogen and oxygen atoms in total. The van der Waals surface area contributed by atoms with Crippen LogP contribution in [0.2, 0.25) is 0 Å². The van der Waals surface area contributed by atoms with Crippen molar-refractivity contribution in [1.29, 1.82) is 0 Å². The molecule has 2 aromatic carbocycles. The maximum atomic E-state index is 13.7. The third-order valence-electron chi connectivity index (χ3n) is 4.15. The first-order valence-corrected chi connectivity index (χ1v) is 6.77. The second-order valence-electron chi connectivity index (χ2n) is 5.29. The minimum absolute atomic E-state index is 0.0669. The van der Waals surface area contributed by atoms with Crippen LogP contribution in [0.5, 0.6) is 0 Å². The Labute approximate surface area is 113 Å². The fourth-order valence-corrected chi connectivity index (χ4v) is 2.85. The quantitative estimate of drug-likeness (QED) is 0.830. The molecule has 1 aliphatic rings. The Morgan fingerprint density at radius 1 is 1.11 bits per heavy atom. The van der Waals surface area contributed by atoms with Gasteiger partial charge in [-0.1, -0.05) is 24.3 Å². The second-order valence-corrected chi connectivity index (χ2v) is 5.29. The molecule has 0 aromatic heterocycles. The van der Waals surface area contributed by atoms with Gasteiger partial charge < -0.3 is 5.32 Å². The molecule has 0 heterocycles. The van der Waals surface area contributed by atoms with E-state index >= 15 is 0 Å². The molecule has 0 bridgehead atoms. The highest BCUT2D eigenvalue weighted by molar-refractivity contribution is 5.56. The predicted molar refractivity (Wildman–Crippen MR) is 77.0 cm³/mol. The first-order chi connectivity index (χ1) is 9.16. The molecule has 1 atom stereocenters. The van der Waals surface area contributed by atoms with Gasteiger partial charge in [-0.3, -0.25) is 0 Å². The van der Waals surface area contributed by atoms with Gasteiger partial charge in [0, 0.05) is 5.69 Å². The molecule has 0 fully saturated rings. The topological polar surface area (TPSA) is 12.0 Å². The fraction of sp³-hybridized carbons (Fsp3) is 0.294. The van der Waals surface area contributed by atoms with Crippen LogP contribution < -0.4 is 5.32 Å². The molecule has 2 heteroatoms. The first kappa shape index (κ1) is 12.2. The van der Waals surface area contributed by atoms with Crippen LogP contribution in [0.15, 0.2) is 36.4 Å². The molecule has 0 aliphatic heterocycles. The van der Waals surface area contributed by atoms with Gasteiger partial charge in [-0.15, -0.1) is 0 Å². The maximum Gasteiger partial charge on any atom is 0.126 e. The van der Waals surface area contributed by atoms with Gasteiger partial charge in [0.25, 0.3) is 0 Å². The fourth-order valence-electron chi connectivity index (χ4n) is 2.85. The molecule has 0 saturated carbocycles. The highest BCUT2D eigenvalue weighted by Crippen LogP contribution is 2.36. The molecule has 0 radical (unpaired) electrons. The van der Waals surface area contributed by atoms with Crippen LogP contribution in [0.1, 0.15) is 34.7 Å². The number of aryl methyl sites for hydroxylation is 1. The molecule has 2 aromatic rings. The lowest BCUT2D eigenvalue weighted by Crippen LogP contribution is -2.08. The molecule has 3 rings (SSSR count). The van der Waals surface area contributed by atoms with E-state index in [2.05, 4.69) is 37.4 Å². The molecular weight excluding hydrogens is 237 g/mol. The summed E-state index contributed by atoms with van der Waals surface area (Å²) in [5, 5.41) is 3.57. The van der Waals surface area contributed by atoms with Gasteiger partial charge >= 0.3 is 0 Å². The van der Waals surface area contributed by atoms with E-state index in [9.17, 15) is 4.39 Å². The minimum atomic E-state index is -0.0669. The zero-order valence-corrected chi connectivity index (χ0v) is 11.3. The van der Waals surface area contributed by atoms with Gasteiger partial charge in [-0.05, 0) is 61.1 Å². The monoisotopic (exact) mass is 255 g/mol. The van der Waals surface area contributed by atoms with E-state index in [1.165, 1.54) is 11.1 Å². The summed E-state index contributed by atoms with van der Waals surface area (Å²) in [6, 6.07) is 11.9. The Bertz CT molecular complexity index is 619. The van der Waals surface area contributed by atoms with Crippen LogP contribution in [-0.4, -0.2) is 0 Å². The summed E-state index contributed by atoms with van der Waals surface area (Å²) in [6.45, 7) is 4.24. The summed E-state index contributed by atoms with van der Waals surface area (Å²) in [6.07, 6.45) is 1.79. The average Bonchev–Trinajstić information content (AvgIpc) is 2.80. The lowest BCUT2D eigenvalue weighted by molar-refractivity contribution is 0.612. The predicted octanol–water partition coefficient (Wildman–Crippen LogP) is 4.54. The minimum Gasteiger partial charge on any atom is -0.378 e. The smallest absolute Gasteiger partial charge is 0.126 e. The van der Waals surface area contributed by atoms with Gasteiger partial charge in [0.1, 0.15) is 5.82 Å². The second kappa shape index (κ2) is 4.69. The molecule has 1 N–H and O–H groups in total. The number of halogens is 1. The normalized spacial score (nSPS) is 17.3. The van der Waals surface area contributed by atoms with E-state index in [0.717, 1.165) is 29.7 Å². The summed E-state index contributed by atoms with van der Waals surface area (Å²) in [5.41, 5.74) is 5.70. The zero-order valence-electron chi connectivity index (χ0n) is 11.3. The Kier molecular flexibility index (Phi) is 3.02. The highest BCUT2D eigenvalue weighted by Gasteiger charge is 2.24. The van der Waals surface area contributed by atoms with Crippen molar-refractivity contribution in [1.82, 2.24) is 0 Å². The molecule has 1 aliphatic carbocycles. The van der Waals surface area contributed by atoms with Crippen molar-refractivity contribution in [3.8, 4) is 0 Å². The Morgan fingerprint density at radius 2 is 1.89 bits per heavy atom. The number of benzene rings is 2. The van der Waals surface area contributed by atoms with Crippen molar-refractivity contribution in [3.63, 3.8) is 0 Å². The van der Waals surface area contributed by atoms with Crippen LogP contribution in [0.3, 0.4) is 0 Å². The number of anilines is 1. The molecular formula is C17H18FN. The zero-order chi connectivity index (χ0) is 13.4. The van der Waals surface area contributed by atoms with Crippen LogP contribution in [0.4, 0.5) is 10.1 Å². The molecule has 0 saturated heterocycles. The molecule has 98 valence electrons. The van der Waals surface area contributed by atoms with E-state index < -0.39 is 0 Å². The van der Waals surface area contributed by atoms with Gasteiger partial charge in [0.2, 0.25) is 0 Å². The first-order valence-electron chi connectivity index (χ1n) is 6.77. The van der Waals surface area contributed by atoms with Gasteiger partial charge in [-0.2, -0.15) is 0 Å². The number of hydrogen-bond acceptors (Lipinski definition) is 1. The van der Waals surface area contributed by atoms with Crippen LogP contribution in [-0.2, 0) is 6.42 Å². The van der Waals surface area contributed by atoms with Crippen molar-refractivity contribution in [2.24, 2.45) is 0 Å². The van der Waals surface area contributed by atoms with E-state index in [1.54, 1.807) is 12.1 Å². The largest absolute Gasteiger partial charge is 0.378 e. The number of nitrogens with one attached hydrogen (secondary N) is 1. The Hall–Kier alpha value is -1.83. The van der Waals surface area contributed by atoms with Gasteiger partial charge in [0.15, 0.2) is 0 Å². The summed E-state index contributed by atoms with van der Waals surface area (Å²) >= 11 is 0. The lowest BCUT2D eigenvalue weighted by atomic mass is 10.0. The van der Waals surface area contributed by atoms with Crippen molar-refractivity contribution < 1.29 is 4.39 Å². The van der Waals surface area contributed by atoms with E-state index in [4.69, 9.17) is 0 Å². The van der Waals surface area contributed by atoms with Crippen molar-refractivity contribution >= 4 is 5.69 Å². The highest BCUT2D eigenvalue weighted by atomic mass is 19.1. The summed E-state index contributed by atoms with van der Waals surface area (Å²) in [4.78, 5) is 0. The average molecular weight is 255 g/mol. The number of hydrogen-bond donors (Lipinski definition) is 1. The Balaban J connectivity index is 1.91. The SMILES string of the molecule is Cc1cccc(NC2CCc3c(F)cccc32)c1C. The number of rotatable bonds is 2. The molecule has 19 heavy (non-hydrogen) atoms. The summed E-state index contributed by atoms with van der Waals surface area (Å²) in [7, 11) is 0. The summed E-state index contributed by atoms with van der Waals surface area (Å²) < 4.78 is 13.7. The molecule has 1 unspecified atom stereocenters. The lowest BCUT2D eigenvalue weighted by Gasteiger charge is -2.18. The van der Waals surface area contributed by atoms with Crippen molar-refractivity contribution in [2.45, 2.75) is 32.7 Å². The standard InChI is InChI=1S/C17H18FN/c1-11-5-3-8-16(12(11)2)19-17-10-9-13-14(17)6-4-7-15(13)18/h3-8,17,19H,9-10H2,1-2H3. The third kappa shape index (κ3) is 2.12. The third-order valence-corrected chi connectivity index (χ3v) is 4.15.